The fraction of sp³-hybridized carbons (Fsp3) is 0.333. The maximum Gasteiger partial charge on any atom is 0.118 e. The van der Waals surface area contributed by atoms with Crippen LogP contribution in [0.1, 0.15) is 24.1 Å². The lowest BCUT2D eigenvalue weighted by atomic mass is 9.98. The second kappa shape index (κ2) is 7.81. The van der Waals surface area contributed by atoms with E-state index in [4.69, 9.17) is 4.74 Å². The fourth-order valence-electron chi connectivity index (χ4n) is 2.36. The molecule has 0 amide bonds. The topological polar surface area (TPSA) is 41.5 Å². The van der Waals surface area contributed by atoms with E-state index in [1.165, 1.54) is 11.1 Å². The molecule has 0 saturated carbocycles. The van der Waals surface area contributed by atoms with Gasteiger partial charge in [0, 0.05) is 12.1 Å². The van der Waals surface area contributed by atoms with Crippen LogP contribution in [0, 0.1) is 0 Å². The number of hydrogen-bond donors (Lipinski definition) is 2. The van der Waals surface area contributed by atoms with Gasteiger partial charge in [0.05, 0.1) is 13.7 Å². The average molecular weight is 285 g/mol. The highest BCUT2D eigenvalue weighted by molar-refractivity contribution is 5.30. The Morgan fingerprint density at radius 1 is 1.05 bits per heavy atom. The van der Waals surface area contributed by atoms with Gasteiger partial charge in [-0.25, -0.2) is 0 Å². The normalized spacial score (nSPS) is 13.7. The Labute approximate surface area is 126 Å². The van der Waals surface area contributed by atoms with Crippen molar-refractivity contribution in [1.82, 2.24) is 5.32 Å². The molecule has 3 heteroatoms. The van der Waals surface area contributed by atoms with Crippen molar-refractivity contribution in [3.8, 4) is 5.75 Å². The summed E-state index contributed by atoms with van der Waals surface area (Å²) < 4.78 is 5.21. The Bertz CT molecular complexity index is 525. The highest BCUT2D eigenvalue weighted by Gasteiger charge is 2.14. The highest BCUT2D eigenvalue weighted by Crippen LogP contribution is 2.22. The van der Waals surface area contributed by atoms with Crippen molar-refractivity contribution in [3.05, 3.63) is 65.7 Å². The molecule has 0 spiro atoms. The summed E-state index contributed by atoms with van der Waals surface area (Å²) in [6, 6.07) is 18.7. The van der Waals surface area contributed by atoms with Crippen molar-refractivity contribution in [3.63, 3.8) is 0 Å². The lowest BCUT2D eigenvalue weighted by molar-refractivity contribution is 0.240. The van der Waals surface area contributed by atoms with Crippen LogP contribution in [0.4, 0.5) is 0 Å². The van der Waals surface area contributed by atoms with E-state index in [9.17, 15) is 5.11 Å². The second-order valence-electron chi connectivity index (χ2n) is 5.27. The standard InChI is InChI=1S/C18H23NO2/c1-14(13-20)19-18(12-15-6-4-3-5-7-15)16-8-10-17(21-2)11-9-16/h3-11,14,18-20H,12-13H2,1-2H3/t14-,18-/m0/s1. The lowest BCUT2D eigenvalue weighted by Crippen LogP contribution is -2.34. The van der Waals surface area contributed by atoms with Gasteiger partial charge in [0.15, 0.2) is 0 Å². The molecule has 0 unspecified atom stereocenters. The zero-order valence-corrected chi connectivity index (χ0v) is 12.6. The molecule has 2 atom stereocenters. The van der Waals surface area contributed by atoms with E-state index in [0.717, 1.165) is 12.2 Å². The summed E-state index contributed by atoms with van der Waals surface area (Å²) in [5, 5.41) is 12.8. The van der Waals surface area contributed by atoms with Gasteiger partial charge in [-0.2, -0.15) is 0 Å². The molecule has 0 aliphatic heterocycles. The molecular weight excluding hydrogens is 262 g/mol. The Hall–Kier alpha value is -1.84. The molecule has 0 saturated heterocycles. The Morgan fingerprint density at radius 2 is 1.71 bits per heavy atom. The summed E-state index contributed by atoms with van der Waals surface area (Å²) in [5.74, 6) is 0.854. The van der Waals surface area contributed by atoms with Gasteiger partial charge in [-0.05, 0) is 36.6 Å². The smallest absolute Gasteiger partial charge is 0.118 e. The van der Waals surface area contributed by atoms with Crippen LogP contribution in [0.5, 0.6) is 5.75 Å². The summed E-state index contributed by atoms with van der Waals surface area (Å²) in [5.41, 5.74) is 2.47. The molecule has 0 radical (unpaired) electrons. The largest absolute Gasteiger partial charge is 0.497 e. The summed E-state index contributed by atoms with van der Waals surface area (Å²) >= 11 is 0. The van der Waals surface area contributed by atoms with Crippen LogP contribution in [0.2, 0.25) is 0 Å². The van der Waals surface area contributed by atoms with Crippen LogP contribution in [-0.2, 0) is 6.42 Å². The summed E-state index contributed by atoms with van der Waals surface area (Å²) in [6.07, 6.45) is 0.886. The van der Waals surface area contributed by atoms with Gasteiger partial charge in [-0.15, -0.1) is 0 Å². The van der Waals surface area contributed by atoms with E-state index < -0.39 is 0 Å². The van der Waals surface area contributed by atoms with E-state index in [1.54, 1.807) is 7.11 Å². The van der Waals surface area contributed by atoms with Gasteiger partial charge >= 0.3 is 0 Å². The zero-order chi connectivity index (χ0) is 15.1. The van der Waals surface area contributed by atoms with Crippen molar-refractivity contribution >= 4 is 0 Å². The van der Waals surface area contributed by atoms with Gasteiger partial charge in [0.25, 0.3) is 0 Å². The number of methoxy groups -OCH3 is 1. The minimum absolute atomic E-state index is 0.0563. The van der Waals surface area contributed by atoms with Crippen molar-refractivity contribution < 1.29 is 9.84 Å². The molecule has 2 rings (SSSR count). The van der Waals surface area contributed by atoms with Crippen molar-refractivity contribution in [2.75, 3.05) is 13.7 Å². The van der Waals surface area contributed by atoms with E-state index >= 15 is 0 Å². The number of benzene rings is 2. The summed E-state index contributed by atoms with van der Waals surface area (Å²) in [4.78, 5) is 0. The van der Waals surface area contributed by atoms with Gasteiger partial charge in [0.2, 0.25) is 0 Å². The van der Waals surface area contributed by atoms with E-state index in [1.807, 2.05) is 25.1 Å². The number of aliphatic hydroxyl groups is 1. The summed E-state index contributed by atoms with van der Waals surface area (Å²) in [7, 11) is 1.67. The minimum Gasteiger partial charge on any atom is -0.497 e. The quantitative estimate of drug-likeness (QED) is 0.822. The first-order chi connectivity index (χ1) is 10.2. The maximum atomic E-state index is 9.30. The van der Waals surface area contributed by atoms with E-state index in [-0.39, 0.29) is 18.7 Å². The maximum absolute atomic E-state index is 9.30. The minimum atomic E-state index is 0.0563. The summed E-state index contributed by atoms with van der Waals surface area (Å²) in [6.45, 7) is 2.11. The van der Waals surface area contributed by atoms with Gasteiger partial charge < -0.3 is 15.2 Å². The zero-order valence-electron chi connectivity index (χ0n) is 12.6. The number of ether oxygens (including phenoxy) is 1. The van der Waals surface area contributed by atoms with Crippen LogP contribution in [0.25, 0.3) is 0 Å². The molecule has 2 aromatic rings. The molecule has 0 fully saturated rings. The molecule has 3 nitrogen and oxygen atoms in total. The molecule has 2 N–H and O–H groups in total. The van der Waals surface area contributed by atoms with Crippen LogP contribution in [0.15, 0.2) is 54.6 Å². The fourth-order valence-corrected chi connectivity index (χ4v) is 2.36. The number of hydrogen-bond acceptors (Lipinski definition) is 3. The molecule has 0 aromatic heterocycles. The first kappa shape index (κ1) is 15.5. The third-order valence-corrected chi connectivity index (χ3v) is 3.56. The van der Waals surface area contributed by atoms with Crippen molar-refractivity contribution in [2.24, 2.45) is 0 Å². The molecule has 0 aliphatic carbocycles. The SMILES string of the molecule is COc1ccc([C@H](Cc2ccccc2)N[C@@H](C)CO)cc1. The Balaban J connectivity index is 2.17. The number of aliphatic hydroxyl groups excluding tert-OH is 1. The van der Waals surface area contributed by atoms with Crippen LogP contribution >= 0.6 is 0 Å². The number of rotatable bonds is 7. The monoisotopic (exact) mass is 285 g/mol. The molecule has 0 heterocycles. The Kier molecular flexibility index (Phi) is 5.78. The number of nitrogens with one attached hydrogen (secondary N) is 1. The van der Waals surface area contributed by atoms with Crippen molar-refractivity contribution in [1.29, 1.82) is 0 Å². The molecule has 21 heavy (non-hydrogen) atoms. The van der Waals surface area contributed by atoms with E-state index in [2.05, 4.69) is 41.7 Å². The van der Waals surface area contributed by atoms with Crippen LogP contribution in [0.3, 0.4) is 0 Å². The first-order valence-electron chi connectivity index (χ1n) is 7.27. The first-order valence-corrected chi connectivity index (χ1v) is 7.27. The molecule has 112 valence electrons. The molecular formula is C18H23NO2. The molecule has 0 aliphatic rings. The predicted molar refractivity (Wildman–Crippen MR) is 85.6 cm³/mol. The van der Waals surface area contributed by atoms with Crippen LogP contribution in [-0.4, -0.2) is 24.9 Å². The average Bonchev–Trinajstić information content (AvgIpc) is 2.55. The third-order valence-electron chi connectivity index (χ3n) is 3.56. The highest BCUT2D eigenvalue weighted by atomic mass is 16.5. The van der Waals surface area contributed by atoms with Gasteiger partial charge in [-0.1, -0.05) is 42.5 Å². The Morgan fingerprint density at radius 3 is 2.29 bits per heavy atom. The molecule has 0 bridgehead atoms. The van der Waals surface area contributed by atoms with Crippen molar-refractivity contribution in [2.45, 2.75) is 25.4 Å². The second-order valence-corrected chi connectivity index (χ2v) is 5.27. The lowest BCUT2D eigenvalue weighted by Gasteiger charge is -2.23. The third kappa shape index (κ3) is 4.59. The van der Waals surface area contributed by atoms with Gasteiger partial charge in [0.1, 0.15) is 5.75 Å². The van der Waals surface area contributed by atoms with E-state index in [0.29, 0.717) is 0 Å². The molecule has 2 aromatic carbocycles. The van der Waals surface area contributed by atoms with Gasteiger partial charge in [-0.3, -0.25) is 0 Å². The predicted octanol–water partition coefficient (Wildman–Crippen LogP) is 2.95. The van der Waals surface area contributed by atoms with Crippen LogP contribution < -0.4 is 10.1 Å².